The SMILES string of the molecule is C#CC(CCCCC)OC(=O)c1ccccc1. The zero-order chi connectivity index (χ0) is 12.5. The lowest BCUT2D eigenvalue weighted by molar-refractivity contribution is 0.0393. The van der Waals surface area contributed by atoms with Crippen LogP contribution in [0.15, 0.2) is 30.3 Å². The molecule has 0 N–H and O–H groups in total. The van der Waals surface area contributed by atoms with Gasteiger partial charge >= 0.3 is 5.97 Å². The Bertz CT molecular complexity index is 376. The van der Waals surface area contributed by atoms with Crippen molar-refractivity contribution in [1.82, 2.24) is 0 Å². The van der Waals surface area contributed by atoms with Crippen molar-refractivity contribution in [3.8, 4) is 12.3 Å². The monoisotopic (exact) mass is 230 g/mol. The molecule has 1 aromatic rings. The second-order valence-corrected chi connectivity index (χ2v) is 3.92. The Morgan fingerprint density at radius 3 is 2.65 bits per heavy atom. The Morgan fingerprint density at radius 2 is 2.06 bits per heavy atom. The van der Waals surface area contributed by atoms with E-state index in [0.29, 0.717) is 5.56 Å². The van der Waals surface area contributed by atoms with Gasteiger partial charge in [-0.05, 0) is 25.0 Å². The highest BCUT2D eigenvalue weighted by Gasteiger charge is 2.12. The maximum atomic E-state index is 11.7. The van der Waals surface area contributed by atoms with E-state index in [1.165, 1.54) is 0 Å². The van der Waals surface area contributed by atoms with Crippen molar-refractivity contribution in [2.75, 3.05) is 0 Å². The molecule has 0 amide bonds. The molecule has 0 bridgehead atoms. The van der Waals surface area contributed by atoms with Crippen LogP contribution >= 0.6 is 0 Å². The number of rotatable bonds is 6. The van der Waals surface area contributed by atoms with E-state index in [1.807, 2.05) is 6.07 Å². The summed E-state index contributed by atoms with van der Waals surface area (Å²) in [4.78, 5) is 11.7. The summed E-state index contributed by atoms with van der Waals surface area (Å²) in [7, 11) is 0. The number of hydrogen-bond acceptors (Lipinski definition) is 2. The Morgan fingerprint density at radius 1 is 1.35 bits per heavy atom. The first-order chi connectivity index (χ1) is 8.27. The van der Waals surface area contributed by atoms with Gasteiger partial charge in [-0.3, -0.25) is 0 Å². The van der Waals surface area contributed by atoms with Crippen LogP contribution in [0.2, 0.25) is 0 Å². The predicted molar refractivity (Wildman–Crippen MR) is 68.6 cm³/mol. The molecule has 0 saturated carbocycles. The molecule has 0 aliphatic carbocycles. The van der Waals surface area contributed by atoms with Crippen LogP contribution in [-0.4, -0.2) is 12.1 Å². The van der Waals surface area contributed by atoms with E-state index >= 15 is 0 Å². The second kappa shape index (κ2) is 7.51. The van der Waals surface area contributed by atoms with Gasteiger partial charge in [0.1, 0.15) is 0 Å². The van der Waals surface area contributed by atoms with Crippen LogP contribution < -0.4 is 0 Å². The molecule has 1 unspecified atom stereocenters. The van der Waals surface area contributed by atoms with Gasteiger partial charge in [-0.15, -0.1) is 6.42 Å². The standard InChI is InChI=1S/C15H18O2/c1-3-5-7-12-14(4-2)17-15(16)13-10-8-6-9-11-13/h2,6,8-11,14H,3,5,7,12H2,1H3. The number of ether oxygens (including phenoxy) is 1. The number of carbonyl (C=O) groups excluding carboxylic acids is 1. The van der Waals surface area contributed by atoms with Gasteiger partial charge in [0.2, 0.25) is 0 Å². The van der Waals surface area contributed by atoms with Gasteiger partial charge in [0, 0.05) is 0 Å². The van der Waals surface area contributed by atoms with Crippen molar-refractivity contribution in [3.63, 3.8) is 0 Å². The summed E-state index contributed by atoms with van der Waals surface area (Å²) in [6, 6.07) is 8.91. The molecule has 0 aromatic heterocycles. The first-order valence-electron chi connectivity index (χ1n) is 6.00. The maximum absolute atomic E-state index is 11.7. The van der Waals surface area contributed by atoms with E-state index < -0.39 is 6.10 Å². The molecule has 2 heteroatoms. The third-order valence-corrected chi connectivity index (χ3v) is 2.51. The molecule has 0 saturated heterocycles. The Balaban J connectivity index is 2.46. The largest absolute Gasteiger partial charge is 0.446 e. The lowest BCUT2D eigenvalue weighted by Crippen LogP contribution is -2.16. The highest BCUT2D eigenvalue weighted by Crippen LogP contribution is 2.09. The van der Waals surface area contributed by atoms with E-state index in [9.17, 15) is 4.79 Å². The average Bonchev–Trinajstić information content (AvgIpc) is 2.38. The smallest absolute Gasteiger partial charge is 0.339 e. The Hall–Kier alpha value is -1.75. The Labute approximate surface area is 103 Å². The van der Waals surface area contributed by atoms with E-state index in [4.69, 9.17) is 11.2 Å². The topological polar surface area (TPSA) is 26.3 Å². The van der Waals surface area contributed by atoms with E-state index in [1.54, 1.807) is 24.3 Å². The van der Waals surface area contributed by atoms with Crippen LogP contribution in [0.4, 0.5) is 0 Å². The molecule has 0 fully saturated rings. The molecule has 0 spiro atoms. The fourth-order valence-corrected chi connectivity index (χ4v) is 1.53. The minimum atomic E-state index is -0.408. The van der Waals surface area contributed by atoms with Gasteiger partial charge in [-0.25, -0.2) is 4.79 Å². The van der Waals surface area contributed by atoms with Gasteiger partial charge in [-0.2, -0.15) is 0 Å². The fourth-order valence-electron chi connectivity index (χ4n) is 1.53. The van der Waals surface area contributed by atoms with Gasteiger partial charge in [0.15, 0.2) is 6.10 Å². The first kappa shape index (κ1) is 13.3. The Kier molecular flexibility index (Phi) is 5.88. The van der Waals surface area contributed by atoms with Gasteiger partial charge in [0.05, 0.1) is 5.56 Å². The number of benzene rings is 1. The number of unbranched alkanes of at least 4 members (excludes halogenated alkanes) is 2. The molecule has 0 heterocycles. The zero-order valence-electron chi connectivity index (χ0n) is 10.2. The van der Waals surface area contributed by atoms with Crippen molar-refractivity contribution in [3.05, 3.63) is 35.9 Å². The predicted octanol–water partition coefficient (Wildman–Crippen LogP) is 3.43. The van der Waals surface area contributed by atoms with Crippen LogP contribution in [0.25, 0.3) is 0 Å². The molecular weight excluding hydrogens is 212 g/mol. The van der Waals surface area contributed by atoms with Crippen LogP contribution in [0.5, 0.6) is 0 Å². The lowest BCUT2D eigenvalue weighted by Gasteiger charge is -2.11. The van der Waals surface area contributed by atoms with E-state index in [-0.39, 0.29) is 5.97 Å². The highest BCUT2D eigenvalue weighted by atomic mass is 16.5. The summed E-state index contributed by atoms with van der Waals surface area (Å²) in [6.45, 7) is 2.13. The summed E-state index contributed by atoms with van der Waals surface area (Å²) >= 11 is 0. The molecule has 0 aliphatic rings. The normalized spacial score (nSPS) is 11.5. The molecule has 0 radical (unpaired) electrons. The molecule has 1 rings (SSSR count). The number of esters is 1. The van der Waals surface area contributed by atoms with E-state index in [0.717, 1.165) is 25.7 Å². The van der Waals surface area contributed by atoms with Crippen LogP contribution in [0, 0.1) is 12.3 Å². The molecule has 0 aliphatic heterocycles. The number of terminal acetylenes is 1. The van der Waals surface area contributed by atoms with E-state index in [2.05, 4.69) is 12.8 Å². The molecule has 2 nitrogen and oxygen atoms in total. The maximum Gasteiger partial charge on any atom is 0.339 e. The minimum Gasteiger partial charge on any atom is -0.446 e. The molecule has 1 atom stereocenters. The highest BCUT2D eigenvalue weighted by molar-refractivity contribution is 5.89. The van der Waals surface area contributed by atoms with Crippen LogP contribution in [0.1, 0.15) is 43.0 Å². The van der Waals surface area contributed by atoms with Gasteiger partial charge < -0.3 is 4.74 Å². The molecule has 17 heavy (non-hydrogen) atoms. The van der Waals surface area contributed by atoms with Crippen molar-refractivity contribution >= 4 is 5.97 Å². The summed E-state index contributed by atoms with van der Waals surface area (Å²) in [5.74, 6) is 2.18. The first-order valence-corrected chi connectivity index (χ1v) is 6.00. The summed E-state index contributed by atoms with van der Waals surface area (Å²) in [5.41, 5.74) is 0.545. The summed E-state index contributed by atoms with van der Waals surface area (Å²) in [5, 5.41) is 0. The van der Waals surface area contributed by atoms with Crippen molar-refractivity contribution in [2.24, 2.45) is 0 Å². The third kappa shape index (κ3) is 4.74. The summed E-state index contributed by atoms with van der Waals surface area (Å²) < 4.78 is 5.26. The zero-order valence-corrected chi connectivity index (χ0v) is 10.2. The number of carbonyl (C=O) groups is 1. The average molecular weight is 230 g/mol. The lowest BCUT2D eigenvalue weighted by atomic mass is 10.1. The quantitative estimate of drug-likeness (QED) is 0.425. The van der Waals surface area contributed by atoms with Gasteiger partial charge in [-0.1, -0.05) is 43.9 Å². The van der Waals surface area contributed by atoms with Crippen LogP contribution in [0.3, 0.4) is 0 Å². The number of hydrogen-bond donors (Lipinski definition) is 0. The van der Waals surface area contributed by atoms with Crippen LogP contribution in [-0.2, 0) is 4.74 Å². The molecular formula is C15H18O2. The van der Waals surface area contributed by atoms with Gasteiger partial charge in [0.25, 0.3) is 0 Å². The van der Waals surface area contributed by atoms with Crippen molar-refractivity contribution in [1.29, 1.82) is 0 Å². The summed E-state index contributed by atoms with van der Waals surface area (Å²) in [6.07, 6.45) is 8.92. The molecule has 1 aromatic carbocycles. The van der Waals surface area contributed by atoms with Crippen molar-refractivity contribution in [2.45, 2.75) is 38.7 Å². The minimum absolute atomic E-state index is 0.343. The fraction of sp³-hybridized carbons (Fsp3) is 0.400. The molecule has 90 valence electrons. The third-order valence-electron chi connectivity index (χ3n) is 2.51. The second-order valence-electron chi connectivity index (χ2n) is 3.92. The van der Waals surface area contributed by atoms with Crippen molar-refractivity contribution < 1.29 is 9.53 Å².